The van der Waals surface area contributed by atoms with Crippen LogP contribution in [-0.4, -0.2) is 59.1 Å². The quantitative estimate of drug-likeness (QED) is 0.762. The molecule has 0 radical (unpaired) electrons. The van der Waals surface area contributed by atoms with Crippen LogP contribution in [0.5, 0.6) is 0 Å². The van der Waals surface area contributed by atoms with E-state index in [0.717, 1.165) is 19.0 Å². The fraction of sp³-hybridized carbons (Fsp3) is 0.923. The lowest BCUT2D eigenvalue weighted by Crippen LogP contribution is -2.36. The first-order chi connectivity index (χ1) is 8.08. The van der Waals surface area contributed by atoms with E-state index in [2.05, 4.69) is 23.8 Å². The van der Waals surface area contributed by atoms with Gasteiger partial charge in [-0.1, -0.05) is 0 Å². The van der Waals surface area contributed by atoms with Gasteiger partial charge < -0.3 is 10.0 Å². The summed E-state index contributed by atoms with van der Waals surface area (Å²) in [6.07, 6.45) is 5.04. The van der Waals surface area contributed by atoms with E-state index >= 15 is 0 Å². The number of hydrogen-bond acceptors (Lipinski definition) is 3. The predicted molar refractivity (Wildman–Crippen MR) is 67.1 cm³/mol. The highest BCUT2D eigenvalue weighted by Crippen LogP contribution is 2.34. The maximum Gasteiger partial charge on any atom is 0.303 e. The Hall–Kier alpha value is -0.610. The monoisotopic (exact) mass is 240 g/mol. The van der Waals surface area contributed by atoms with Crippen molar-refractivity contribution in [3.8, 4) is 0 Å². The summed E-state index contributed by atoms with van der Waals surface area (Å²) < 4.78 is 0. The summed E-state index contributed by atoms with van der Waals surface area (Å²) in [6, 6.07) is 2.18. The van der Waals surface area contributed by atoms with Crippen LogP contribution in [-0.2, 0) is 4.79 Å². The van der Waals surface area contributed by atoms with Gasteiger partial charge in [0.15, 0.2) is 0 Å². The molecule has 2 unspecified atom stereocenters. The maximum atomic E-state index is 10.5. The molecule has 4 heteroatoms. The zero-order chi connectivity index (χ0) is 12.4. The van der Waals surface area contributed by atoms with E-state index in [4.69, 9.17) is 5.11 Å². The van der Waals surface area contributed by atoms with E-state index in [-0.39, 0.29) is 0 Å². The highest BCUT2D eigenvalue weighted by molar-refractivity contribution is 5.66. The summed E-state index contributed by atoms with van der Waals surface area (Å²) in [7, 11) is 2.13. The number of carboxylic acid groups (broad SMARTS) is 1. The smallest absolute Gasteiger partial charge is 0.303 e. The van der Waals surface area contributed by atoms with Crippen molar-refractivity contribution in [2.24, 2.45) is 0 Å². The topological polar surface area (TPSA) is 43.8 Å². The summed E-state index contributed by atoms with van der Waals surface area (Å²) in [5.41, 5.74) is 0. The number of carbonyl (C=O) groups is 1. The van der Waals surface area contributed by atoms with Crippen LogP contribution in [0.3, 0.4) is 0 Å². The summed E-state index contributed by atoms with van der Waals surface area (Å²) in [5, 5.41) is 8.63. The first kappa shape index (κ1) is 12.8. The van der Waals surface area contributed by atoms with Gasteiger partial charge in [0.2, 0.25) is 0 Å². The Labute approximate surface area is 104 Å². The molecule has 1 saturated heterocycles. The van der Waals surface area contributed by atoms with Crippen LogP contribution in [0, 0.1) is 0 Å². The van der Waals surface area contributed by atoms with Crippen molar-refractivity contribution < 1.29 is 9.90 Å². The lowest BCUT2D eigenvalue weighted by Gasteiger charge is -2.24. The third-order valence-corrected chi connectivity index (χ3v) is 4.14. The maximum absolute atomic E-state index is 10.5. The number of likely N-dealkylation sites (tertiary alicyclic amines) is 1. The molecule has 1 aliphatic carbocycles. The number of likely N-dealkylation sites (N-methyl/N-ethyl adjacent to an activating group) is 1. The third-order valence-electron chi connectivity index (χ3n) is 4.14. The largest absolute Gasteiger partial charge is 0.481 e. The highest BCUT2D eigenvalue weighted by Gasteiger charge is 2.39. The van der Waals surface area contributed by atoms with Crippen LogP contribution >= 0.6 is 0 Å². The number of hydrogen-bond donors (Lipinski definition) is 1. The molecule has 1 saturated carbocycles. The van der Waals surface area contributed by atoms with Gasteiger partial charge in [-0.15, -0.1) is 0 Å². The summed E-state index contributed by atoms with van der Waals surface area (Å²) >= 11 is 0. The molecule has 0 spiro atoms. The standard InChI is InChI=1S/C13H24N2O2/c1-10-8-12(9-15(10)11-5-6-11)14(2)7-3-4-13(16)17/h10-12H,3-9H2,1-2H3,(H,16,17). The SMILES string of the molecule is CC1CC(N(C)CCCC(=O)O)CN1C1CC1. The molecule has 0 bridgehead atoms. The average Bonchev–Trinajstić information content (AvgIpc) is 3.01. The van der Waals surface area contributed by atoms with Gasteiger partial charge in [-0.2, -0.15) is 0 Å². The minimum absolute atomic E-state index is 0.291. The van der Waals surface area contributed by atoms with Crippen molar-refractivity contribution in [1.29, 1.82) is 0 Å². The molecule has 1 N–H and O–H groups in total. The fourth-order valence-corrected chi connectivity index (χ4v) is 2.92. The van der Waals surface area contributed by atoms with E-state index in [0.29, 0.717) is 18.5 Å². The van der Waals surface area contributed by atoms with Crippen LogP contribution in [0.25, 0.3) is 0 Å². The van der Waals surface area contributed by atoms with E-state index in [1.165, 1.54) is 25.8 Å². The predicted octanol–water partition coefficient (Wildman–Crippen LogP) is 1.41. The first-order valence-corrected chi connectivity index (χ1v) is 6.75. The summed E-state index contributed by atoms with van der Waals surface area (Å²) in [4.78, 5) is 15.5. The first-order valence-electron chi connectivity index (χ1n) is 6.75. The third kappa shape index (κ3) is 3.42. The number of nitrogens with zero attached hydrogens (tertiary/aromatic N) is 2. The number of carboxylic acids is 1. The van der Waals surface area contributed by atoms with Gasteiger partial charge in [0.05, 0.1) is 0 Å². The second-order valence-corrected chi connectivity index (χ2v) is 5.64. The molecular weight excluding hydrogens is 216 g/mol. The van der Waals surface area contributed by atoms with Gasteiger partial charge in [0.25, 0.3) is 0 Å². The lowest BCUT2D eigenvalue weighted by atomic mass is 10.1. The summed E-state index contributed by atoms with van der Waals surface area (Å²) in [6.45, 7) is 4.40. The van der Waals surface area contributed by atoms with E-state index in [1.807, 2.05) is 0 Å². The Bertz CT molecular complexity index is 279. The Morgan fingerprint density at radius 3 is 2.76 bits per heavy atom. The lowest BCUT2D eigenvalue weighted by molar-refractivity contribution is -0.137. The average molecular weight is 240 g/mol. The molecule has 0 aromatic carbocycles. The van der Waals surface area contributed by atoms with Gasteiger partial charge in [-0.3, -0.25) is 9.69 Å². The van der Waals surface area contributed by atoms with Crippen LogP contribution in [0.1, 0.15) is 39.0 Å². The van der Waals surface area contributed by atoms with Crippen molar-refractivity contribution in [2.75, 3.05) is 20.1 Å². The van der Waals surface area contributed by atoms with Gasteiger partial charge in [0, 0.05) is 31.1 Å². The minimum Gasteiger partial charge on any atom is -0.481 e. The van der Waals surface area contributed by atoms with Crippen molar-refractivity contribution >= 4 is 5.97 Å². The molecule has 0 aromatic rings. The molecular formula is C13H24N2O2. The van der Waals surface area contributed by atoms with Crippen molar-refractivity contribution in [3.05, 3.63) is 0 Å². The molecule has 2 rings (SSSR count). The Kier molecular flexibility index (Phi) is 4.05. The molecule has 4 nitrogen and oxygen atoms in total. The van der Waals surface area contributed by atoms with Crippen molar-refractivity contribution in [3.63, 3.8) is 0 Å². The molecule has 98 valence electrons. The normalized spacial score (nSPS) is 30.1. The van der Waals surface area contributed by atoms with Crippen LogP contribution in [0.2, 0.25) is 0 Å². The van der Waals surface area contributed by atoms with Gasteiger partial charge in [-0.25, -0.2) is 0 Å². The second kappa shape index (κ2) is 5.36. The van der Waals surface area contributed by atoms with Crippen LogP contribution in [0.15, 0.2) is 0 Å². The Morgan fingerprint density at radius 2 is 2.18 bits per heavy atom. The number of rotatable bonds is 6. The molecule has 2 aliphatic rings. The molecule has 2 atom stereocenters. The van der Waals surface area contributed by atoms with Gasteiger partial charge in [-0.05, 0) is 46.2 Å². The molecule has 1 aliphatic heterocycles. The van der Waals surface area contributed by atoms with E-state index in [1.54, 1.807) is 0 Å². The minimum atomic E-state index is -0.683. The zero-order valence-electron chi connectivity index (χ0n) is 10.9. The van der Waals surface area contributed by atoms with Gasteiger partial charge >= 0.3 is 5.97 Å². The Balaban J connectivity index is 1.72. The number of aliphatic carboxylic acids is 1. The second-order valence-electron chi connectivity index (χ2n) is 5.64. The van der Waals surface area contributed by atoms with Crippen molar-refractivity contribution in [1.82, 2.24) is 9.80 Å². The van der Waals surface area contributed by atoms with Crippen molar-refractivity contribution in [2.45, 2.75) is 57.2 Å². The highest BCUT2D eigenvalue weighted by atomic mass is 16.4. The fourth-order valence-electron chi connectivity index (χ4n) is 2.92. The zero-order valence-corrected chi connectivity index (χ0v) is 10.9. The molecule has 1 heterocycles. The van der Waals surface area contributed by atoms with E-state index < -0.39 is 5.97 Å². The van der Waals surface area contributed by atoms with Crippen LogP contribution in [0.4, 0.5) is 0 Å². The molecule has 2 fully saturated rings. The Morgan fingerprint density at radius 1 is 1.47 bits per heavy atom. The summed E-state index contributed by atoms with van der Waals surface area (Å²) in [5.74, 6) is -0.683. The van der Waals surface area contributed by atoms with Gasteiger partial charge in [0.1, 0.15) is 0 Å². The molecule has 0 amide bonds. The molecule has 17 heavy (non-hydrogen) atoms. The molecule has 0 aromatic heterocycles. The van der Waals surface area contributed by atoms with E-state index in [9.17, 15) is 4.79 Å². The van der Waals surface area contributed by atoms with Crippen LogP contribution < -0.4 is 0 Å².